The lowest BCUT2D eigenvalue weighted by Gasteiger charge is -2.40. The molecule has 3 aromatic rings. The normalized spacial score (nSPS) is 25.3. The van der Waals surface area contributed by atoms with Crippen molar-refractivity contribution in [1.29, 1.82) is 0 Å². The van der Waals surface area contributed by atoms with Gasteiger partial charge < -0.3 is 49.6 Å². The third kappa shape index (κ3) is 3.65. The number of rotatable bonds is 4. The maximum Gasteiger partial charge on any atom is 0.238 e. The standard InChI is InChI=1S/C22H22O11/c1-31-10-6-11-13(17(27)19(29)21(32-11)8-2-4-9(24)5-3-8)16(26)14(10)22-20(30)18(28)15(25)12(7-23)33-22/h2-6,12,15,18,20,22-26,28-30H,7H2,1H3. The first-order valence-corrected chi connectivity index (χ1v) is 9.89. The van der Waals surface area contributed by atoms with Crippen molar-refractivity contribution in [2.24, 2.45) is 0 Å². The minimum atomic E-state index is -1.75. The van der Waals surface area contributed by atoms with Crippen LogP contribution >= 0.6 is 0 Å². The van der Waals surface area contributed by atoms with Crippen molar-refractivity contribution in [2.75, 3.05) is 13.7 Å². The molecule has 1 saturated heterocycles. The SMILES string of the molecule is COc1cc2oc(-c3ccc(O)cc3)c(O)c(=O)c2c(O)c1C1OC(CO)C(O)C(O)C1O. The van der Waals surface area contributed by atoms with Crippen LogP contribution in [-0.4, -0.2) is 73.9 Å². The van der Waals surface area contributed by atoms with Crippen molar-refractivity contribution in [1.82, 2.24) is 0 Å². The number of methoxy groups -OCH3 is 1. The molecule has 5 unspecified atom stereocenters. The van der Waals surface area contributed by atoms with Crippen LogP contribution in [0.15, 0.2) is 39.5 Å². The van der Waals surface area contributed by atoms with Crippen LogP contribution < -0.4 is 10.2 Å². The molecule has 0 radical (unpaired) electrons. The van der Waals surface area contributed by atoms with E-state index in [1.165, 1.54) is 37.4 Å². The van der Waals surface area contributed by atoms with Gasteiger partial charge in [0, 0.05) is 11.6 Å². The topological polar surface area (TPSA) is 190 Å². The summed E-state index contributed by atoms with van der Waals surface area (Å²) >= 11 is 0. The molecule has 1 aliphatic heterocycles. The lowest BCUT2D eigenvalue weighted by atomic mass is 9.89. The Bertz CT molecular complexity index is 1230. The molecular weight excluding hydrogens is 440 g/mol. The van der Waals surface area contributed by atoms with E-state index < -0.39 is 59.4 Å². The van der Waals surface area contributed by atoms with Gasteiger partial charge >= 0.3 is 0 Å². The van der Waals surface area contributed by atoms with Gasteiger partial charge in [-0.3, -0.25) is 4.79 Å². The Kier molecular flexibility index (Phi) is 5.91. The van der Waals surface area contributed by atoms with E-state index >= 15 is 0 Å². The number of ether oxygens (including phenoxy) is 2. The molecule has 0 spiro atoms. The highest BCUT2D eigenvalue weighted by Crippen LogP contribution is 2.46. The maximum atomic E-state index is 13.0. The Morgan fingerprint density at radius 3 is 2.24 bits per heavy atom. The molecule has 2 heterocycles. The third-order valence-corrected chi connectivity index (χ3v) is 5.66. The number of benzene rings is 2. The van der Waals surface area contributed by atoms with Gasteiger partial charge in [-0.2, -0.15) is 0 Å². The highest BCUT2D eigenvalue weighted by molar-refractivity contribution is 5.90. The van der Waals surface area contributed by atoms with Gasteiger partial charge in [0.2, 0.25) is 11.2 Å². The molecule has 176 valence electrons. The van der Waals surface area contributed by atoms with Crippen molar-refractivity contribution < 1.29 is 49.6 Å². The van der Waals surface area contributed by atoms with E-state index in [-0.39, 0.29) is 34.0 Å². The van der Waals surface area contributed by atoms with Crippen molar-refractivity contribution in [3.8, 4) is 34.3 Å². The maximum absolute atomic E-state index is 13.0. The summed E-state index contributed by atoms with van der Waals surface area (Å²) in [5.74, 6) is -1.89. The van der Waals surface area contributed by atoms with Crippen LogP contribution in [0.4, 0.5) is 0 Å². The van der Waals surface area contributed by atoms with Crippen LogP contribution in [-0.2, 0) is 4.74 Å². The molecule has 4 rings (SSSR count). The van der Waals surface area contributed by atoms with Crippen LogP contribution in [0, 0.1) is 0 Å². The van der Waals surface area contributed by atoms with Crippen molar-refractivity contribution in [3.05, 3.63) is 46.1 Å². The van der Waals surface area contributed by atoms with Gasteiger partial charge in [0.15, 0.2) is 5.76 Å². The van der Waals surface area contributed by atoms with Crippen molar-refractivity contribution in [3.63, 3.8) is 0 Å². The van der Waals surface area contributed by atoms with Crippen molar-refractivity contribution in [2.45, 2.75) is 30.5 Å². The fourth-order valence-corrected chi connectivity index (χ4v) is 3.91. The second-order valence-corrected chi connectivity index (χ2v) is 7.62. The van der Waals surface area contributed by atoms with Crippen molar-refractivity contribution >= 4 is 11.0 Å². The quantitative estimate of drug-likeness (QED) is 0.278. The number of fused-ring (bicyclic) bond motifs is 1. The Labute approximate surface area is 185 Å². The predicted molar refractivity (Wildman–Crippen MR) is 112 cm³/mol. The molecule has 0 aliphatic carbocycles. The summed E-state index contributed by atoms with van der Waals surface area (Å²) in [5.41, 5.74) is -1.12. The highest BCUT2D eigenvalue weighted by Gasteiger charge is 2.46. The number of aliphatic hydroxyl groups is 4. The highest BCUT2D eigenvalue weighted by atomic mass is 16.5. The molecule has 1 aliphatic rings. The first-order chi connectivity index (χ1) is 15.7. The Morgan fingerprint density at radius 2 is 1.64 bits per heavy atom. The minimum absolute atomic E-state index is 0.0372. The number of phenolic OH excluding ortho intramolecular Hbond substituents is 2. The Balaban J connectivity index is 1.94. The molecule has 1 fully saturated rings. The molecule has 0 saturated carbocycles. The number of aliphatic hydroxyl groups excluding tert-OH is 4. The first-order valence-electron chi connectivity index (χ1n) is 9.89. The molecule has 0 amide bonds. The lowest BCUT2D eigenvalue weighted by molar-refractivity contribution is -0.232. The van der Waals surface area contributed by atoms with Gasteiger partial charge in [0.25, 0.3) is 0 Å². The number of aromatic hydroxyl groups is 3. The lowest BCUT2D eigenvalue weighted by Crippen LogP contribution is -2.55. The zero-order chi connectivity index (χ0) is 24.0. The van der Waals surface area contributed by atoms with Gasteiger partial charge in [0.05, 0.1) is 19.3 Å². The summed E-state index contributed by atoms with van der Waals surface area (Å²) in [6.45, 7) is -0.697. The Morgan fingerprint density at radius 1 is 0.970 bits per heavy atom. The number of hydrogen-bond donors (Lipinski definition) is 7. The minimum Gasteiger partial charge on any atom is -0.508 e. The summed E-state index contributed by atoms with van der Waals surface area (Å²) in [6.07, 6.45) is -7.88. The van der Waals surface area contributed by atoms with Gasteiger partial charge in [-0.05, 0) is 24.3 Å². The third-order valence-electron chi connectivity index (χ3n) is 5.66. The average molecular weight is 462 g/mol. The number of phenols is 2. The molecule has 1 aromatic heterocycles. The summed E-state index contributed by atoms with van der Waals surface area (Å²) in [6, 6.07) is 6.73. The predicted octanol–water partition coefficient (Wildman–Crippen LogP) is 0.100. The van der Waals surface area contributed by atoms with E-state index in [4.69, 9.17) is 13.9 Å². The first kappa shape index (κ1) is 22.8. The van der Waals surface area contributed by atoms with Gasteiger partial charge in [-0.15, -0.1) is 0 Å². The monoisotopic (exact) mass is 462 g/mol. The van der Waals surface area contributed by atoms with E-state index in [9.17, 15) is 40.5 Å². The fraction of sp³-hybridized carbons (Fsp3) is 0.318. The van der Waals surface area contributed by atoms with E-state index in [2.05, 4.69) is 0 Å². The molecule has 0 bridgehead atoms. The second-order valence-electron chi connectivity index (χ2n) is 7.62. The van der Waals surface area contributed by atoms with Gasteiger partial charge in [0.1, 0.15) is 58.7 Å². The van der Waals surface area contributed by atoms with E-state index in [1.807, 2.05) is 0 Å². The van der Waals surface area contributed by atoms with Gasteiger partial charge in [-0.1, -0.05) is 0 Å². The summed E-state index contributed by atoms with van der Waals surface area (Å²) in [4.78, 5) is 13.0. The van der Waals surface area contributed by atoms with Crippen LogP contribution in [0.5, 0.6) is 23.0 Å². The zero-order valence-corrected chi connectivity index (χ0v) is 17.2. The number of hydrogen-bond acceptors (Lipinski definition) is 11. The van der Waals surface area contributed by atoms with Crippen LogP contribution in [0.2, 0.25) is 0 Å². The fourth-order valence-electron chi connectivity index (χ4n) is 3.91. The molecular formula is C22H22O11. The largest absolute Gasteiger partial charge is 0.508 e. The average Bonchev–Trinajstić information content (AvgIpc) is 2.81. The molecule has 7 N–H and O–H groups in total. The molecule has 2 aromatic carbocycles. The zero-order valence-electron chi connectivity index (χ0n) is 17.2. The van der Waals surface area contributed by atoms with Crippen LogP contribution in [0.25, 0.3) is 22.3 Å². The Hall–Kier alpha value is -3.35. The van der Waals surface area contributed by atoms with E-state index in [1.54, 1.807) is 0 Å². The smallest absolute Gasteiger partial charge is 0.238 e. The molecule has 33 heavy (non-hydrogen) atoms. The van der Waals surface area contributed by atoms with E-state index in [0.717, 1.165) is 0 Å². The molecule has 5 atom stereocenters. The second kappa shape index (κ2) is 8.54. The van der Waals surface area contributed by atoms with E-state index in [0.29, 0.717) is 0 Å². The van der Waals surface area contributed by atoms with Crippen LogP contribution in [0.1, 0.15) is 11.7 Å². The molecule has 11 nitrogen and oxygen atoms in total. The summed E-state index contributed by atoms with van der Waals surface area (Å²) in [5, 5.41) is 70.5. The van der Waals surface area contributed by atoms with Gasteiger partial charge in [-0.25, -0.2) is 0 Å². The molecule has 11 heteroatoms. The van der Waals surface area contributed by atoms with Crippen LogP contribution in [0.3, 0.4) is 0 Å². The summed E-state index contributed by atoms with van der Waals surface area (Å²) in [7, 11) is 1.24. The summed E-state index contributed by atoms with van der Waals surface area (Å²) < 4.78 is 16.4.